The number of carbonyl (C=O) groups is 1. The quantitative estimate of drug-likeness (QED) is 0.908. The molecule has 0 bridgehead atoms. The molecule has 25 heavy (non-hydrogen) atoms. The summed E-state index contributed by atoms with van der Waals surface area (Å²) >= 11 is 0. The highest BCUT2D eigenvalue weighted by Gasteiger charge is 2.16. The minimum Gasteiger partial charge on any atom is -0.481 e. The molecule has 3 rings (SSSR count). The van der Waals surface area contributed by atoms with Crippen molar-refractivity contribution < 1.29 is 14.3 Å². The Bertz CT molecular complexity index is 709. The largest absolute Gasteiger partial charge is 0.481 e. The monoisotopic (exact) mass is 340 g/mol. The fourth-order valence-electron chi connectivity index (χ4n) is 2.75. The Balaban J connectivity index is 1.57. The summed E-state index contributed by atoms with van der Waals surface area (Å²) in [5, 5.41) is 2.90. The van der Waals surface area contributed by atoms with Gasteiger partial charge >= 0.3 is 0 Å². The molecule has 0 aliphatic carbocycles. The van der Waals surface area contributed by atoms with Gasteiger partial charge in [-0.3, -0.25) is 4.79 Å². The van der Waals surface area contributed by atoms with Gasteiger partial charge in [0.05, 0.1) is 13.2 Å². The molecule has 1 aliphatic heterocycles. The van der Waals surface area contributed by atoms with Gasteiger partial charge in [0.25, 0.3) is 5.91 Å². The molecule has 132 valence electrons. The van der Waals surface area contributed by atoms with E-state index in [4.69, 9.17) is 9.47 Å². The third-order valence-electron chi connectivity index (χ3n) is 4.28. The summed E-state index contributed by atoms with van der Waals surface area (Å²) in [4.78, 5) is 14.6. The molecule has 1 fully saturated rings. The van der Waals surface area contributed by atoms with Crippen LogP contribution in [0.15, 0.2) is 48.5 Å². The Labute approximate surface area is 148 Å². The summed E-state index contributed by atoms with van der Waals surface area (Å²) in [6.45, 7) is 7.02. The molecule has 1 atom stereocenters. The molecule has 1 heterocycles. The summed E-state index contributed by atoms with van der Waals surface area (Å²) in [6, 6.07) is 15.6. The van der Waals surface area contributed by atoms with Crippen molar-refractivity contribution in [1.82, 2.24) is 0 Å². The summed E-state index contributed by atoms with van der Waals surface area (Å²) in [7, 11) is 0. The van der Waals surface area contributed by atoms with Crippen molar-refractivity contribution in [2.24, 2.45) is 0 Å². The number of morpholine rings is 1. The summed E-state index contributed by atoms with van der Waals surface area (Å²) in [5.41, 5.74) is 2.92. The number of amides is 1. The van der Waals surface area contributed by atoms with Crippen molar-refractivity contribution in [3.8, 4) is 5.75 Å². The summed E-state index contributed by atoms with van der Waals surface area (Å²) < 4.78 is 11.1. The van der Waals surface area contributed by atoms with Crippen molar-refractivity contribution in [1.29, 1.82) is 0 Å². The number of aryl methyl sites for hydroxylation is 1. The first-order valence-corrected chi connectivity index (χ1v) is 8.59. The number of nitrogens with one attached hydrogen (secondary N) is 1. The van der Waals surface area contributed by atoms with Crippen LogP contribution in [0.5, 0.6) is 5.75 Å². The van der Waals surface area contributed by atoms with Crippen LogP contribution in [0.1, 0.15) is 12.5 Å². The molecule has 1 N–H and O–H groups in total. The number of benzene rings is 2. The fraction of sp³-hybridized carbons (Fsp3) is 0.350. The molecule has 0 radical (unpaired) electrons. The first kappa shape index (κ1) is 17.3. The zero-order valence-electron chi connectivity index (χ0n) is 14.7. The lowest BCUT2D eigenvalue weighted by atomic mass is 10.2. The van der Waals surface area contributed by atoms with Crippen LogP contribution in [0.4, 0.5) is 11.4 Å². The van der Waals surface area contributed by atoms with Crippen LogP contribution in [-0.4, -0.2) is 38.3 Å². The van der Waals surface area contributed by atoms with Crippen LogP contribution in [0.25, 0.3) is 0 Å². The molecule has 1 saturated heterocycles. The van der Waals surface area contributed by atoms with Gasteiger partial charge in [-0.2, -0.15) is 0 Å². The third-order valence-corrected chi connectivity index (χ3v) is 4.28. The lowest BCUT2D eigenvalue weighted by Crippen LogP contribution is -2.36. The normalized spacial score (nSPS) is 15.5. The number of rotatable bonds is 5. The molecule has 0 unspecified atom stereocenters. The third kappa shape index (κ3) is 4.51. The Morgan fingerprint density at radius 1 is 1.12 bits per heavy atom. The average Bonchev–Trinajstić information content (AvgIpc) is 2.65. The maximum absolute atomic E-state index is 12.4. The van der Waals surface area contributed by atoms with Crippen LogP contribution in [0.2, 0.25) is 0 Å². The minimum atomic E-state index is -0.569. The van der Waals surface area contributed by atoms with Crippen LogP contribution >= 0.6 is 0 Å². The summed E-state index contributed by atoms with van der Waals surface area (Å²) in [5.74, 6) is 0.565. The predicted molar refractivity (Wildman–Crippen MR) is 99.4 cm³/mol. The van der Waals surface area contributed by atoms with Gasteiger partial charge in [0, 0.05) is 24.5 Å². The molecule has 0 spiro atoms. The molecule has 5 heteroatoms. The average molecular weight is 340 g/mol. The fourth-order valence-corrected chi connectivity index (χ4v) is 2.75. The van der Waals surface area contributed by atoms with Crippen molar-refractivity contribution in [2.75, 3.05) is 36.5 Å². The topological polar surface area (TPSA) is 50.8 Å². The van der Waals surface area contributed by atoms with E-state index in [1.165, 1.54) is 0 Å². The van der Waals surface area contributed by atoms with Crippen LogP contribution in [0.3, 0.4) is 0 Å². The number of hydrogen-bond donors (Lipinski definition) is 1. The highest BCUT2D eigenvalue weighted by molar-refractivity contribution is 5.94. The van der Waals surface area contributed by atoms with Gasteiger partial charge in [0.15, 0.2) is 6.10 Å². The Kier molecular flexibility index (Phi) is 5.56. The van der Waals surface area contributed by atoms with Gasteiger partial charge in [0.1, 0.15) is 5.75 Å². The van der Waals surface area contributed by atoms with Gasteiger partial charge in [-0.25, -0.2) is 0 Å². The van der Waals surface area contributed by atoms with E-state index in [9.17, 15) is 4.79 Å². The lowest BCUT2D eigenvalue weighted by molar-refractivity contribution is -0.122. The number of carbonyl (C=O) groups excluding carboxylic acids is 1. The summed E-state index contributed by atoms with van der Waals surface area (Å²) in [6.07, 6.45) is -0.569. The van der Waals surface area contributed by atoms with E-state index in [2.05, 4.69) is 10.2 Å². The second-order valence-electron chi connectivity index (χ2n) is 6.16. The van der Waals surface area contributed by atoms with E-state index in [0.717, 1.165) is 49.0 Å². The van der Waals surface area contributed by atoms with Gasteiger partial charge in [-0.1, -0.05) is 18.2 Å². The molecule has 1 aliphatic rings. The first-order chi connectivity index (χ1) is 12.1. The Morgan fingerprint density at radius 2 is 1.80 bits per heavy atom. The van der Waals surface area contributed by atoms with Crippen LogP contribution < -0.4 is 15.0 Å². The molecular formula is C20H24N2O3. The predicted octanol–water partition coefficient (Wildman–Crippen LogP) is 3.24. The van der Waals surface area contributed by atoms with Gasteiger partial charge in [-0.05, 0) is 49.7 Å². The molecule has 2 aromatic carbocycles. The second-order valence-corrected chi connectivity index (χ2v) is 6.16. The maximum atomic E-state index is 12.4. The lowest BCUT2D eigenvalue weighted by Gasteiger charge is -2.29. The number of ether oxygens (including phenoxy) is 2. The molecule has 0 saturated carbocycles. The Morgan fingerprint density at radius 3 is 2.48 bits per heavy atom. The number of anilines is 2. The van der Waals surface area contributed by atoms with E-state index < -0.39 is 6.10 Å². The second kappa shape index (κ2) is 8.03. The van der Waals surface area contributed by atoms with E-state index in [0.29, 0.717) is 0 Å². The van der Waals surface area contributed by atoms with Crippen LogP contribution in [-0.2, 0) is 9.53 Å². The van der Waals surface area contributed by atoms with E-state index in [-0.39, 0.29) is 5.91 Å². The van der Waals surface area contributed by atoms with Crippen molar-refractivity contribution in [3.05, 3.63) is 54.1 Å². The van der Waals surface area contributed by atoms with Crippen molar-refractivity contribution >= 4 is 17.3 Å². The first-order valence-electron chi connectivity index (χ1n) is 8.59. The van der Waals surface area contributed by atoms with E-state index >= 15 is 0 Å². The molecule has 1 amide bonds. The highest BCUT2D eigenvalue weighted by Crippen LogP contribution is 2.20. The zero-order chi connectivity index (χ0) is 17.6. The number of hydrogen-bond acceptors (Lipinski definition) is 4. The van der Waals surface area contributed by atoms with Gasteiger partial charge in [-0.15, -0.1) is 0 Å². The molecule has 0 aromatic heterocycles. The number of nitrogens with zero attached hydrogens (tertiary/aromatic N) is 1. The minimum absolute atomic E-state index is 0.164. The smallest absolute Gasteiger partial charge is 0.265 e. The zero-order valence-corrected chi connectivity index (χ0v) is 14.7. The SMILES string of the molecule is Cc1ccccc1O[C@H](C)C(=O)Nc1ccc(N2CCOCC2)cc1. The Hall–Kier alpha value is -2.53. The van der Waals surface area contributed by atoms with Crippen molar-refractivity contribution in [2.45, 2.75) is 20.0 Å². The van der Waals surface area contributed by atoms with Gasteiger partial charge < -0.3 is 19.7 Å². The van der Waals surface area contributed by atoms with Gasteiger partial charge in [0.2, 0.25) is 0 Å². The maximum Gasteiger partial charge on any atom is 0.265 e. The van der Waals surface area contributed by atoms with Crippen LogP contribution in [0, 0.1) is 6.92 Å². The number of para-hydroxylation sites is 1. The van der Waals surface area contributed by atoms with Crippen molar-refractivity contribution in [3.63, 3.8) is 0 Å². The standard InChI is InChI=1S/C20H24N2O3/c1-15-5-3-4-6-19(15)25-16(2)20(23)21-17-7-9-18(10-8-17)22-11-13-24-14-12-22/h3-10,16H,11-14H2,1-2H3,(H,21,23)/t16-/m1/s1. The molecule has 2 aromatic rings. The van der Waals surface area contributed by atoms with E-state index in [1.54, 1.807) is 6.92 Å². The molecule has 5 nitrogen and oxygen atoms in total. The highest BCUT2D eigenvalue weighted by atomic mass is 16.5. The molecular weight excluding hydrogens is 316 g/mol. The van der Waals surface area contributed by atoms with E-state index in [1.807, 2.05) is 55.5 Å².